The number of methoxy groups -OCH3 is 2. The molecule has 35 heavy (non-hydrogen) atoms. The highest BCUT2D eigenvalue weighted by molar-refractivity contribution is 5.97. The summed E-state index contributed by atoms with van der Waals surface area (Å²) in [5.41, 5.74) is 1.69. The number of carbonyl (C=O) groups excluding carboxylic acids is 1. The van der Waals surface area contributed by atoms with Gasteiger partial charge >= 0.3 is 0 Å². The molecule has 0 saturated heterocycles. The first kappa shape index (κ1) is 22.2. The molecule has 0 spiro atoms. The van der Waals surface area contributed by atoms with Gasteiger partial charge in [-0.05, 0) is 52.2 Å². The Balaban J connectivity index is 1.75. The molecule has 0 bridgehead atoms. The minimum atomic E-state index is -1.30. The van der Waals surface area contributed by atoms with Crippen LogP contribution in [0, 0.1) is 11.3 Å². The summed E-state index contributed by atoms with van der Waals surface area (Å²) in [6, 6.07) is 29.4. The number of rotatable bonds is 5. The molecule has 0 aromatic heterocycles. The van der Waals surface area contributed by atoms with Crippen molar-refractivity contribution in [3.05, 3.63) is 113 Å². The Hall–Kier alpha value is -4.56. The third kappa shape index (κ3) is 3.70. The first-order valence-electron chi connectivity index (χ1n) is 11.3. The van der Waals surface area contributed by atoms with Gasteiger partial charge in [0.1, 0.15) is 0 Å². The molecular formula is C30H24N2O3. The van der Waals surface area contributed by atoms with Crippen molar-refractivity contribution < 1.29 is 14.3 Å². The van der Waals surface area contributed by atoms with Crippen LogP contribution in [-0.4, -0.2) is 25.0 Å². The van der Waals surface area contributed by atoms with Gasteiger partial charge in [0, 0.05) is 23.7 Å². The molecule has 172 valence electrons. The maximum absolute atomic E-state index is 13.8. The molecule has 0 N–H and O–H groups in total. The molecule has 1 aliphatic heterocycles. The molecule has 1 amide bonds. The topological polar surface area (TPSA) is 62.6 Å². The van der Waals surface area contributed by atoms with E-state index in [2.05, 4.69) is 6.07 Å². The lowest BCUT2D eigenvalue weighted by atomic mass is 9.77. The quantitative estimate of drug-likeness (QED) is 0.369. The molecular weight excluding hydrogens is 436 g/mol. The molecule has 0 radical (unpaired) electrons. The summed E-state index contributed by atoms with van der Waals surface area (Å²) < 4.78 is 11.1. The number of amides is 1. The van der Waals surface area contributed by atoms with E-state index >= 15 is 0 Å². The number of fused-ring (bicyclic) bond motifs is 2. The molecule has 4 aromatic carbocycles. The van der Waals surface area contributed by atoms with Crippen LogP contribution in [0.5, 0.6) is 11.5 Å². The van der Waals surface area contributed by atoms with Crippen molar-refractivity contribution in [1.82, 2.24) is 4.90 Å². The van der Waals surface area contributed by atoms with Gasteiger partial charge in [-0.3, -0.25) is 9.69 Å². The van der Waals surface area contributed by atoms with Crippen molar-refractivity contribution >= 4 is 22.8 Å². The lowest BCUT2D eigenvalue weighted by Crippen LogP contribution is -2.49. The summed E-state index contributed by atoms with van der Waals surface area (Å²) in [7, 11) is 3.14. The molecule has 5 heteroatoms. The first-order valence-corrected chi connectivity index (χ1v) is 11.3. The highest BCUT2D eigenvalue weighted by Gasteiger charge is 2.45. The molecule has 0 aliphatic carbocycles. The van der Waals surface area contributed by atoms with Gasteiger partial charge in [0.15, 0.2) is 17.0 Å². The van der Waals surface area contributed by atoms with Crippen LogP contribution >= 0.6 is 0 Å². The minimum Gasteiger partial charge on any atom is -0.493 e. The molecule has 1 aliphatic rings. The van der Waals surface area contributed by atoms with Crippen molar-refractivity contribution in [3.63, 3.8) is 0 Å². The largest absolute Gasteiger partial charge is 0.493 e. The van der Waals surface area contributed by atoms with Crippen LogP contribution in [0.2, 0.25) is 0 Å². The van der Waals surface area contributed by atoms with E-state index in [1.807, 2.05) is 78.9 Å². The second-order valence-electron chi connectivity index (χ2n) is 8.44. The molecule has 0 saturated carbocycles. The van der Waals surface area contributed by atoms with E-state index in [9.17, 15) is 10.1 Å². The van der Waals surface area contributed by atoms with Crippen LogP contribution in [0.25, 0.3) is 16.8 Å². The van der Waals surface area contributed by atoms with Crippen molar-refractivity contribution in [2.75, 3.05) is 14.2 Å². The van der Waals surface area contributed by atoms with E-state index < -0.39 is 5.54 Å². The number of ether oxygens (including phenoxy) is 2. The number of carbonyl (C=O) groups is 1. The molecule has 5 nitrogen and oxygen atoms in total. The van der Waals surface area contributed by atoms with E-state index in [-0.39, 0.29) is 5.91 Å². The molecule has 0 fully saturated rings. The van der Waals surface area contributed by atoms with Crippen LogP contribution in [0.3, 0.4) is 0 Å². The van der Waals surface area contributed by atoms with E-state index in [0.717, 1.165) is 21.9 Å². The average molecular weight is 461 g/mol. The van der Waals surface area contributed by atoms with Crippen molar-refractivity contribution in [1.29, 1.82) is 5.26 Å². The Kier molecular flexibility index (Phi) is 5.72. The summed E-state index contributed by atoms with van der Waals surface area (Å²) in [6.45, 7) is 0. The summed E-state index contributed by atoms with van der Waals surface area (Å²) in [5, 5.41) is 13.0. The van der Waals surface area contributed by atoms with Crippen LogP contribution in [-0.2, 0) is 12.0 Å². The lowest BCUT2D eigenvalue weighted by molar-refractivity contribution is 0.0697. The minimum absolute atomic E-state index is 0.246. The Morgan fingerprint density at radius 1 is 0.914 bits per heavy atom. The van der Waals surface area contributed by atoms with E-state index in [0.29, 0.717) is 29.0 Å². The maximum atomic E-state index is 13.8. The molecule has 1 atom stereocenters. The van der Waals surface area contributed by atoms with Crippen LogP contribution in [0.15, 0.2) is 91.1 Å². The second-order valence-corrected chi connectivity index (χ2v) is 8.44. The molecule has 5 rings (SSSR count). The van der Waals surface area contributed by atoms with Gasteiger partial charge < -0.3 is 9.47 Å². The number of nitriles is 1. The van der Waals surface area contributed by atoms with Crippen molar-refractivity contribution in [2.24, 2.45) is 0 Å². The Labute approximate surface area is 204 Å². The second kappa shape index (κ2) is 9.00. The number of hydrogen-bond donors (Lipinski definition) is 0. The summed E-state index contributed by atoms with van der Waals surface area (Å²) in [6.07, 6.45) is 3.85. The molecule has 0 unspecified atom stereocenters. The fourth-order valence-corrected chi connectivity index (χ4v) is 4.82. The van der Waals surface area contributed by atoms with E-state index in [4.69, 9.17) is 9.47 Å². The fraction of sp³-hybridized carbons (Fsp3) is 0.133. The summed E-state index contributed by atoms with van der Waals surface area (Å²) in [5.74, 6) is 0.825. The van der Waals surface area contributed by atoms with Gasteiger partial charge in [-0.2, -0.15) is 5.26 Å². The fourth-order valence-electron chi connectivity index (χ4n) is 4.82. The Morgan fingerprint density at radius 2 is 1.60 bits per heavy atom. The van der Waals surface area contributed by atoms with Crippen LogP contribution in [0.1, 0.15) is 27.0 Å². The zero-order chi connectivity index (χ0) is 24.4. The van der Waals surface area contributed by atoms with Crippen molar-refractivity contribution in [2.45, 2.75) is 12.0 Å². The third-order valence-corrected chi connectivity index (χ3v) is 6.57. The lowest BCUT2D eigenvalue weighted by Gasteiger charge is -2.41. The summed E-state index contributed by atoms with van der Waals surface area (Å²) >= 11 is 0. The normalized spacial score (nSPS) is 16.4. The first-order chi connectivity index (χ1) is 17.1. The summed E-state index contributed by atoms with van der Waals surface area (Å²) in [4.78, 5) is 15.3. The van der Waals surface area contributed by atoms with Gasteiger partial charge in [0.05, 0.1) is 20.3 Å². The van der Waals surface area contributed by atoms with Gasteiger partial charge in [-0.1, -0.05) is 60.7 Å². The Bertz CT molecular complexity index is 1480. The number of hydrogen-bond acceptors (Lipinski definition) is 4. The van der Waals surface area contributed by atoms with Crippen LogP contribution < -0.4 is 9.47 Å². The standard InChI is InChI=1S/C30H24N2O3/c1-34-27-17-23-15-16-32(29(33)22-10-4-3-5-11-22)30(20-31,26(23)18-28(27)35-2)19-24-13-8-12-21-9-6-7-14-25(21)24/h3-18H,19H2,1-2H3/t30-/m1/s1. The third-order valence-electron chi connectivity index (χ3n) is 6.57. The monoisotopic (exact) mass is 460 g/mol. The highest BCUT2D eigenvalue weighted by Crippen LogP contribution is 2.44. The van der Waals surface area contributed by atoms with Gasteiger partial charge in [-0.25, -0.2) is 0 Å². The maximum Gasteiger partial charge on any atom is 0.259 e. The highest BCUT2D eigenvalue weighted by atomic mass is 16.5. The molecule has 1 heterocycles. The number of nitrogens with zero attached hydrogens (tertiary/aromatic N) is 2. The van der Waals surface area contributed by atoms with Crippen molar-refractivity contribution in [3.8, 4) is 17.6 Å². The average Bonchev–Trinajstić information content (AvgIpc) is 2.92. The van der Waals surface area contributed by atoms with Gasteiger partial charge in [-0.15, -0.1) is 0 Å². The van der Waals surface area contributed by atoms with Gasteiger partial charge in [0.2, 0.25) is 0 Å². The predicted octanol–water partition coefficient (Wildman–Crippen LogP) is 5.95. The predicted molar refractivity (Wildman–Crippen MR) is 136 cm³/mol. The zero-order valence-electron chi connectivity index (χ0n) is 19.6. The Morgan fingerprint density at radius 3 is 2.34 bits per heavy atom. The van der Waals surface area contributed by atoms with Crippen LogP contribution in [0.4, 0.5) is 0 Å². The smallest absolute Gasteiger partial charge is 0.259 e. The van der Waals surface area contributed by atoms with Gasteiger partial charge in [0.25, 0.3) is 5.91 Å². The molecule has 4 aromatic rings. The SMILES string of the molecule is COc1cc2c(cc1OC)[C@](C#N)(Cc1cccc3ccccc13)N(C(=O)c1ccccc1)C=C2. The number of benzene rings is 4. The van der Waals surface area contributed by atoms with E-state index in [1.165, 1.54) is 0 Å². The van der Waals surface area contributed by atoms with E-state index in [1.54, 1.807) is 37.5 Å². The zero-order valence-corrected chi connectivity index (χ0v) is 19.6.